The van der Waals surface area contributed by atoms with Crippen LogP contribution < -0.4 is 5.73 Å². The molecule has 4 nitrogen and oxygen atoms in total. The number of amides is 1. The molecule has 104 valence electrons. The fourth-order valence-electron chi connectivity index (χ4n) is 2.40. The van der Waals surface area contributed by atoms with Crippen LogP contribution in [-0.4, -0.2) is 37.1 Å². The van der Waals surface area contributed by atoms with Gasteiger partial charge in [-0.25, -0.2) is 0 Å². The highest BCUT2D eigenvalue weighted by Gasteiger charge is 2.26. The first kappa shape index (κ1) is 14.0. The summed E-state index contributed by atoms with van der Waals surface area (Å²) in [6, 6.07) is 7.56. The van der Waals surface area contributed by atoms with Gasteiger partial charge in [-0.2, -0.15) is 0 Å². The summed E-state index contributed by atoms with van der Waals surface area (Å²) in [6.07, 6.45) is 1.03. The summed E-state index contributed by atoms with van der Waals surface area (Å²) in [5, 5.41) is 0. The Hall–Kier alpha value is -1.39. The van der Waals surface area contributed by atoms with Crippen molar-refractivity contribution in [1.82, 2.24) is 4.90 Å². The Balaban J connectivity index is 1.93. The van der Waals surface area contributed by atoms with Crippen LogP contribution in [0.3, 0.4) is 0 Å². The zero-order chi connectivity index (χ0) is 13.7. The first-order chi connectivity index (χ1) is 9.24. The number of benzene rings is 1. The van der Waals surface area contributed by atoms with Gasteiger partial charge in [0.05, 0.1) is 6.61 Å². The molecule has 1 amide bonds. The first-order valence-corrected chi connectivity index (χ1v) is 6.90. The highest BCUT2D eigenvalue weighted by atomic mass is 16.5. The van der Waals surface area contributed by atoms with E-state index in [0.717, 1.165) is 43.9 Å². The number of carbonyl (C=O) groups excluding carboxylic acids is 1. The molecule has 2 N–H and O–H groups in total. The lowest BCUT2D eigenvalue weighted by Crippen LogP contribution is -2.29. The summed E-state index contributed by atoms with van der Waals surface area (Å²) in [7, 11) is 0. The SMILES string of the molecule is CCOCC1CCN(C(=O)c2ccc(CN)cc2)C1. The molecule has 0 spiro atoms. The van der Waals surface area contributed by atoms with Crippen LogP contribution in [0.25, 0.3) is 0 Å². The number of nitrogens with two attached hydrogens (primary N) is 1. The largest absolute Gasteiger partial charge is 0.381 e. The summed E-state index contributed by atoms with van der Waals surface area (Å²) >= 11 is 0. The van der Waals surface area contributed by atoms with Gasteiger partial charge in [-0.3, -0.25) is 4.79 Å². The topological polar surface area (TPSA) is 55.6 Å². The van der Waals surface area contributed by atoms with Gasteiger partial charge in [-0.15, -0.1) is 0 Å². The maximum atomic E-state index is 12.3. The average Bonchev–Trinajstić information content (AvgIpc) is 2.93. The van der Waals surface area contributed by atoms with Gasteiger partial charge in [0, 0.05) is 37.7 Å². The van der Waals surface area contributed by atoms with E-state index in [-0.39, 0.29) is 5.91 Å². The lowest BCUT2D eigenvalue weighted by atomic mass is 10.1. The van der Waals surface area contributed by atoms with Crippen molar-refractivity contribution in [2.45, 2.75) is 19.9 Å². The molecule has 1 aromatic carbocycles. The second-order valence-corrected chi connectivity index (χ2v) is 4.97. The van der Waals surface area contributed by atoms with Gasteiger partial charge in [0.25, 0.3) is 5.91 Å². The van der Waals surface area contributed by atoms with E-state index in [2.05, 4.69) is 0 Å². The minimum Gasteiger partial charge on any atom is -0.381 e. The monoisotopic (exact) mass is 262 g/mol. The van der Waals surface area contributed by atoms with Crippen LogP contribution in [0.5, 0.6) is 0 Å². The Morgan fingerprint density at radius 2 is 2.16 bits per heavy atom. The van der Waals surface area contributed by atoms with E-state index < -0.39 is 0 Å². The van der Waals surface area contributed by atoms with Gasteiger partial charge in [0.2, 0.25) is 0 Å². The normalized spacial score (nSPS) is 18.8. The standard InChI is InChI=1S/C15H22N2O2/c1-2-19-11-13-7-8-17(10-13)15(18)14-5-3-12(9-16)4-6-14/h3-6,13H,2,7-11,16H2,1H3. The fourth-order valence-corrected chi connectivity index (χ4v) is 2.40. The van der Waals surface area contributed by atoms with E-state index in [1.165, 1.54) is 0 Å². The number of hydrogen-bond donors (Lipinski definition) is 1. The van der Waals surface area contributed by atoms with Gasteiger partial charge in [0.1, 0.15) is 0 Å². The molecule has 4 heteroatoms. The number of ether oxygens (including phenoxy) is 1. The summed E-state index contributed by atoms with van der Waals surface area (Å²) in [5.74, 6) is 0.592. The number of nitrogens with zero attached hydrogens (tertiary/aromatic N) is 1. The Bertz CT molecular complexity index is 417. The van der Waals surface area contributed by atoms with Crippen molar-refractivity contribution in [2.24, 2.45) is 11.7 Å². The minimum atomic E-state index is 0.113. The number of likely N-dealkylation sites (tertiary alicyclic amines) is 1. The maximum Gasteiger partial charge on any atom is 0.253 e. The predicted octanol–water partition coefficient (Wildman–Crippen LogP) is 1.64. The molecular weight excluding hydrogens is 240 g/mol. The van der Waals surface area contributed by atoms with Crippen molar-refractivity contribution >= 4 is 5.91 Å². The third-order valence-corrected chi connectivity index (χ3v) is 3.57. The molecule has 1 heterocycles. The molecule has 0 saturated carbocycles. The molecule has 1 unspecified atom stereocenters. The number of rotatable bonds is 5. The lowest BCUT2D eigenvalue weighted by molar-refractivity contribution is 0.0763. The quantitative estimate of drug-likeness (QED) is 0.877. The molecule has 0 aliphatic carbocycles. The molecule has 1 atom stereocenters. The Morgan fingerprint density at radius 3 is 2.79 bits per heavy atom. The molecule has 1 fully saturated rings. The van der Waals surface area contributed by atoms with E-state index in [0.29, 0.717) is 12.5 Å². The molecule has 1 aromatic rings. The van der Waals surface area contributed by atoms with Crippen molar-refractivity contribution in [3.63, 3.8) is 0 Å². The van der Waals surface area contributed by atoms with Gasteiger partial charge >= 0.3 is 0 Å². The fraction of sp³-hybridized carbons (Fsp3) is 0.533. The van der Waals surface area contributed by atoms with Gasteiger partial charge in [-0.1, -0.05) is 12.1 Å². The summed E-state index contributed by atoms with van der Waals surface area (Å²) in [6.45, 7) is 5.63. The van der Waals surface area contributed by atoms with Crippen LogP contribution in [0.15, 0.2) is 24.3 Å². The van der Waals surface area contributed by atoms with E-state index in [1.807, 2.05) is 36.1 Å². The highest BCUT2D eigenvalue weighted by Crippen LogP contribution is 2.19. The zero-order valence-corrected chi connectivity index (χ0v) is 11.5. The van der Waals surface area contributed by atoms with Gasteiger partial charge in [0.15, 0.2) is 0 Å². The number of carbonyl (C=O) groups is 1. The third kappa shape index (κ3) is 3.55. The molecule has 0 radical (unpaired) electrons. The van der Waals surface area contributed by atoms with Crippen molar-refractivity contribution in [1.29, 1.82) is 0 Å². The van der Waals surface area contributed by atoms with E-state index in [9.17, 15) is 4.79 Å². The highest BCUT2D eigenvalue weighted by molar-refractivity contribution is 5.94. The van der Waals surface area contributed by atoms with Crippen LogP contribution in [0, 0.1) is 5.92 Å². The van der Waals surface area contributed by atoms with Crippen LogP contribution in [0.2, 0.25) is 0 Å². The summed E-state index contributed by atoms with van der Waals surface area (Å²) < 4.78 is 5.43. The summed E-state index contributed by atoms with van der Waals surface area (Å²) in [5.41, 5.74) is 7.35. The van der Waals surface area contributed by atoms with Gasteiger partial charge < -0.3 is 15.4 Å². The van der Waals surface area contributed by atoms with E-state index in [1.54, 1.807) is 0 Å². The van der Waals surface area contributed by atoms with Crippen molar-refractivity contribution in [3.05, 3.63) is 35.4 Å². The van der Waals surface area contributed by atoms with Crippen LogP contribution in [-0.2, 0) is 11.3 Å². The average molecular weight is 262 g/mol. The molecule has 1 saturated heterocycles. The van der Waals surface area contributed by atoms with Crippen molar-refractivity contribution in [3.8, 4) is 0 Å². The van der Waals surface area contributed by atoms with Crippen LogP contribution >= 0.6 is 0 Å². The lowest BCUT2D eigenvalue weighted by Gasteiger charge is -2.16. The Morgan fingerprint density at radius 1 is 1.42 bits per heavy atom. The second-order valence-electron chi connectivity index (χ2n) is 4.97. The smallest absolute Gasteiger partial charge is 0.253 e. The summed E-state index contributed by atoms with van der Waals surface area (Å²) in [4.78, 5) is 14.2. The van der Waals surface area contributed by atoms with Crippen LogP contribution in [0.1, 0.15) is 29.3 Å². The third-order valence-electron chi connectivity index (χ3n) is 3.57. The predicted molar refractivity (Wildman–Crippen MR) is 74.8 cm³/mol. The molecule has 2 rings (SSSR count). The second kappa shape index (κ2) is 6.68. The number of hydrogen-bond acceptors (Lipinski definition) is 3. The molecule has 0 aromatic heterocycles. The minimum absolute atomic E-state index is 0.113. The molecule has 19 heavy (non-hydrogen) atoms. The van der Waals surface area contributed by atoms with E-state index in [4.69, 9.17) is 10.5 Å². The Kier molecular flexibility index (Phi) is 4.93. The molecule has 0 bridgehead atoms. The van der Waals surface area contributed by atoms with Gasteiger partial charge in [-0.05, 0) is 31.0 Å². The van der Waals surface area contributed by atoms with E-state index >= 15 is 0 Å². The first-order valence-electron chi connectivity index (χ1n) is 6.90. The Labute approximate surface area is 114 Å². The van der Waals surface area contributed by atoms with Crippen molar-refractivity contribution in [2.75, 3.05) is 26.3 Å². The molecule has 1 aliphatic heterocycles. The van der Waals surface area contributed by atoms with Crippen molar-refractivity contribution < 1.29 is 9.53 Å². The molecule has 1 aliphatic rings. The molecular formula is C15H22N2O2. The maximum absolute atomic E-state index is 12.3. The zero-order valence-electron chi connectivity index (χ0n) is 11.5. The van der Waals surface area contributed by atoms with Crippen LogP contribution in [0.4, 0.5) is 0 Å².